The minimum absolute atomic E-state index is 0.0235. The lowest BCUT2D eigenvalue weighted by atomic mass is 9.88. The molecule has 3 N–H and O–H groups in total. The lowest BCUT2D eigenvalue weighted by molar-refractivity contribution is -0.244. The van der Waals surface area contributed by atoms with Crippen molar-refractivity contribution < 1.29 is 50.2 Å². The second kappa shape index (κ2) is 14.4. The van der Waals surface area contributed by atoms with E-state index in [1.807, 2.05) is 13.0 Å². The lowest BCUT2D eigenvalue weighted by Gasteiger charge is -2.34. The standard InChI is InChI=1S/C33H43ClF3N5O8S/c1-18-7-5-6-8-20-16-32(20,29(45)41-51(47,48)23-9-10-23)40-27(43)24-15-22(49-25-14-21(34)11-12-38-25)17-42(24)28(44)26(19(2)13-18)39-30(46)50-31(3,4)33(35,36)37/h6,8,11-12,14,18-20,22-24,26H,5,7,9-10,13,15-17H2,1-4H3,(H,39,46)(H,40,43)(H,41,45)/b8-6-/t18-,19-,20?,22-,24+,26+,32-/m1/s1. The number of fused-ring (bicyclic) bond motifs is 2. The van der Waals surface area contributed by atoms with Gasteiger partial charge in [0.2, 0.25) is 33.3 Å². The fraction of sp³-hybridized carbons (Fsp3) is 0.667. The highest BCUT2D eigenvalue weighted by atomic mass is 35.5. The Labute approximate surface area is 299 Å². The van der Waals surface area contributed by atoms with Crippen LogP contribution in [-0.4, -0.2) is 89.4 Å². The van der Waals surface area contributed by atoms with E-state index in [-0.39, 0.29) is 31.2 Å². The molecule has 7 atom stereocenters. The summed E-state index contributed by atoms with van der Waals surface area (Å²) >= 11 is 6.09. The molecule has 4 aliphatic rings. The minimum atomic E-state index is -4.90. The van der Waals surface area contributed by atoms with Gasteiger partial charge in [-0.2, -0.15) is 13.2 Å². The maximum absolute atomic E-state index is 14.4. The highest BCUT2D eigenvalue weighted by Gasteiger charge is 2.62. The number of pyridine rings is 1. The van der Waals surface area contributed by atoms with Crippen molar-refractivity contribution in [3.63, 3.8) is 0 Å². The largest absolute Gasteiger partial charge is 0.472 e. The number of ether oxygens (including phenoxy) is 2. The third kappa shape index (κ3) is 8.90. The number of amides is 4. The summed E-state index contributed by atoms with van der Waals surface area (Å²) in [5.74, 6) is -3.51. The average Bonchev–Trinajstić information content (AvgIpc) is 3.94. The summed E-state index contributed by atoms with van der Waals surface area (Å²) in [6.45, 7) is 4.77. The Morgan fingerprint density at radius 3 is 2.49 bits per heavy atom. The van der Waals surface area contributed by atoms with Crippen molar-refractivity contribution in [2.45, 2.75) is 113 Å². The predicted octanol–water partition coefficient (Wildman–Crippen LogP) is 4.01. The molecule has 3 fully saturated rings. The number of aromatic nitrogens is 1. The van der Waals surface area contributed by atoms with Gasteiger partial charge in [-0.15, -0.1) is 0 Å². The van der Waals surface area contributed by atoms with Gasteiger partial charge >= 0.3 is 12.3 Å². The Balaban J connectivity index is 1.48. The van der Waals surface area contributed by atoms with E-state index in [1.54, 1.807) is 13.0 Å². The van der Waals surface area contributed by atoms with Crippen LogP contribution >= 0.6 is 11.6 Å². The molecular weight excluding hydrogens is 719 g/mol. The summed E-state index contributed by atoms with van der Waals surface area (Å²) in [5, 5.41) is 4.71. The summed E-state index contributed by atoms with van der Waals surface area (Å²) in [4.78, 5) is 60.4. The molecule has 2 aliphatic carbocycles. The molecule has 1 aromatic heterocycles. The SMILES string of the molecule is C[C@@H]1CC/C=C\C2C[C@@]2(C(=O)NS(=O)(=O)C2CC2)NC(=O)[C@@H]2C[C@@H](Oc3cc(Cl)ccn3)CN2C(=O)[C@@H](NC(=O)OC(C)(C)C(F)(F)F)[C@H](C)C1. The Hall–Kier alpha value is -3.60. The van der Waals surface area contributed by atoms with Crippen LogP contribution in [-0.2, 0) is 29.1 Å². The molecule has 2 saturated carbocycles. The minimum Gasteiger partial charge on any atom is -0.472 e. The molecule has 0 spiro atoms. The zero-order valence-corrected chi connectivity index (χ0v) is 30.2. The number of allylic oxidation sites excluding steroid dienone is 1. The first-order valence-electron chi connectivity index (χ1n) is 16.9. The van der Waals surface area contributed by atoms with Gasteiger partial charge in [0.25, 0.3) is 5.91 Å². The molecule has 2 aliphatic heterocycles. The maximum atomic E-state index is 14.4. The monoisotopic (exact) mass is 761 g/mol. The van der Waals surface area contributed by atoms with E-state index in [1.165, 1.54) is 18.3 Å². The number of carbonyl (C=O) groups is 4. The predicted molar refractivity (Wildman–Crippen MR) is 178 cm³/mol. The van der Waals surface area contributed by atoms with Crippen LogP contribution in [0.5, 0.6) is 5.88 Å². The molecule has 4 amide bonds. The van der Waals surface area contributed by atoms with Gasteiger partial charge in [-0.1, -0.05) is 37.6 Å². The van der Waals surface area contributed by atoms with Crippen LogP contribution in [0.15, 0.2) is 30.5 Å². The second-order valence-corrected chi connectivity index (χ2v) is 17.0. The van der Waals surface area contributed by atoms with Gasteiger partial charge in [0.15, 0.2) is 0 Å². The molecule has 282 valence electrons. The summed E-state index contributed by atoms with van der Waals surface area (Å²) < 4.78 is 79.1. The van der Waals surface area contributed by atoms with Crippen molar-refractivity contribution in [3.05, 3.63) is 35.5 Å². The van der Waals surface area contributed by atoms with Crippen molar-refractivity contribution in [1.82, 2.24) is 25.2 Å². The zero-order chi connectivity index (χ0) is 37.5. The fourth-order valence-electron chi connectivity index (χ4n) is 6.56. The van der Waals surface area contributed by atoms with Gasteiger partial charge in [-0.3, -0.25) is 19.1 Å². The zero-order valence-electron chi connectivity index (χ0n) is 28.7. The number of nitrogens with one attached hydrogen (secondary N) is 3. The van der Waals surface area contributed by atoms with Crippen LogP contribution in [0, 0.1) is 17.8 Å². The molecule has 0 aromatic carbocycles. The van der Waals surface area contributed by atoms with Gasteiger partial charge in [-0.05, 0) is 70.3 Å². The van der Waals surface area contributed by atoms with Crippen molar-refractivity contribution in [2.75, 3.05) is 6.54 Å². The van der Waals surface area contributed by atoms with Crippen LogP contribution in [0.2, 0.25) is 5.02 Å². The van der Waals surface area contributed by atoms with Crippen LogP contribution in [0.4, 0.5) is 18.0 Å². The van der Waals surface area contributed by atoms with Gasteiger partial charge in [0.05, 0.1) is 11.8 Å². The number of hydrogen-bond acceptors (Lipinski definition) is 9. The van der Waals surface area contributed by atoms with E-state index >= 15 is 0 Å². The first kappa shape index (κ1) is 38.6. The molecule has 0 radical (unpaired) electrons. The summed E-state index contributed by atoms with van der Waals surface area (Å²) in [7, 11) is -3.96. The van der Waals surface area contributed by atoms with Crippen LogP contribution in [0.1, 0.15) is 72.6 Å². The Kier molecular flexibility index (Phi) is 10.9. The molecule has 3 heterocycles. The number of sulfonamides is 1. The van der Waals surface area contributed by atoms with E-state index in [2.05, 4.69) is 20.3 Å². The van der Waals surface area contributed by atoms with Crippen LogP contribution in [0.25, 0.3) is 0 Å². The number of rotatable bonds is 7. The number of halogens is 4. The molecule has 0 bridgehead atoms. The Morgan fingerprint density at radius 1 is 1.14 bits per heavy atom. The molecule has 18 heteroatoms. The molecule has 51 heavy (non-hydrogen) atoms. The van der Waals surface area contributed by atoms with Crippen LogP contribution < -0.4 is 20.1 Å². The molecule has 13 nitrogen and oxygen atoms in total. The first-order chi connectivity index (χ1) is 23.7. The normalized spacial score (nSPS) is 31.2. The Bertz CT molecular complexity index is 1670. The van der Waals surface area contributed by atoms with Gasteiger partial charge < -0.3 is 25.0 Å². The smallest absolute Gasteiger partial charge is 0.427 e. The van der Waals surface area contributed by atoms with Crippen molar-refractivity contribution >= 4 is 45.4 Å². The topological polar surface area (TPSA) is 173 Å². The number of carbonyl (C=O) groups excluding carboxylic acids is 4. The third-order valence-electron chi connectivity index (χ3n) is 9.90. The number of alkyl halides is 3. The summed E-state index contributed by atoms with van der Waals surface area (Å²) in [6.07, 6.45) is 0.211. The third-order valence-corrected chi connectivity index (χ3v) is 12.0. The maximum Gasteiger partial charge on any atom is 0.427 e. The van der Waals surface area contributed by atoms with Gasteiger partial charge in [0.1, 0.15) is 23.7 Å². The van der Waals surface area contributed by atoms with Crippen LogP contribution in [0.3, 0.4) is 0 Å². The van der Waals surface area contributed by atoms with E-state index in [0.717, 1.165) is 4.90 Å². The molecule has 1 unspecified atom stereocenters. The lowest BCUT2D eigenvalue weighted by Crippen LogP contribution is -2.59. The highest BCUT2D eigenvalue weighted by molar-refractivity contribution is 7.91. The fourth-order valence-corrected chi connectivity index (χ4v) is 8.08. The van der Waals surface area contributed by atoms with E-state index in [9.17, 15) is 40.8 Å². The number of nitrogens with zero attached hydrogens (tertiary/aromatic N) is 2. The number of alkyl carbamates (subject to hydrolysis) is 1. The highest BCUT2D eigenvalue weighted by Crippen LogP contribution is 2.46. The number of hydrogen-bond donors (Lipinski definition) is 3. The first-order valence-corrected chi connectivity index (χ1v) is 18.8. The van der Waals surface area contributed by atoms with E-state index in [0.29, 0.717) is 51.0 Å². The summed E-state index contributed by atoms with van der Waals surface area (Å²) in [6, 6.07) is 0.249. The summed E-state index contributed by atoms with van der Waals surface area (Å²) in [5.41, 5.74) is -4.48. The molecular formula is C33H43ClF3N5O8S. The average molecular weight is 762 g/mol. The van der Waals surface area contributed by atoms with Crippen molar-refractivity contribution in [2.24, 2.45) is 17.8 Å². The molecule has 1 aromatic rings. The van der Waals surface area contributed by atoms with Gasteiger partial charge in [-0.25, -0.2) is 18.2 Å². The van der Waals surface area contributed by atoms with Crippen molar-refractivity contribution in [3.8, 4) is 5.88 Å². The van der Waals surface area contributed by atoms with Gasteiger partial charge in [0, 0.05) is 29.6 Å². The second-order valence-electron chi connectivity index (χ2n) is 14.6. The quantitative estimate of drug-likeness (QED) is 0.347. The molecule has 1 saturated heterocycles. The van der Waals surface area contributed by atoms with E-state index < -0.39 is 86.4 Å². The van der Waals surface area contributed by atoms with E-state index in [4.69, 9.17) is 21.1 Å². The molecule has 5 rings (SSSR count). The van der Waals surface area contributed by atoms with Crippen molar-refractivity contribution in [1.29, 1.82) is 0 Å². The Morgan fingerprint density at radius 2 is 1.84 bits per heavy atom.